The average Bonchev–Trinajstić information content (AvgIpc) is 2.73. The summed E-state index contributed by atoms with van der Waals surface area (Å²) in [6.07, 6.45) is 0.572. The van der Waals surface area contributed by atoms with Crippen molar-refractivity contribution in [2.24, 2.45) is 5.92 Å². The minimum atomic E-state index is -0.411. The van der Waals surface area contributed by atoms with Gasteiger partial charge in [-0.25, -0.2) is 0 Å². The molecule has 0 saturated carbocycles. The molecule has 0 radical (unpaired) electrons. The fourth-order valence-electron chi connectivity index (χ4n) is 3.15. The lowest BCUT2D eigenvalue weighted by molar-refractivity contribution is 0.114. The quantitative estimate of drug-likeness (QED) is 0.898. The summed E-state index contributed by atoms with van der Waals surface area (Å²) >= 11 is 6.10. The second-order valence-electron chi connectivity index (χ2n) is 5.74. The lowest BCUT2D eigenvalue weighted by atomic mass is 10.0. The molecule has 3 heteroatoms. The van der Waals surface area contributed by atoms with Gasteiger partial charge in [0.1, 0.15) is 0 Å². The van der Waals surface area contributed by atoms with Crippen LogP contribution in [0.4, 0.5) is 0 Å². The van der Waals surface area contributed by atoms with Crippen molar-refractivity contribution in [1.29, 1.82) is 0 Å². The SMILES string of the molecule is CC1C(O)c2ccc(Cl)cc2C1NCCc1ccccc1. The van der Waals surface area contributed by atoms with Crippen LogP contribution >= 0.6 is 11.6 Å². The largest absolute Gasteiger partial charge is 0.388 e. The number of halogens is 1. The third kappa shape index (κ3) is 2.98. The molecule has 3 rings (SSSR count). The van der Waals surface area contributed by atoms with Gasteiger partial charge in [-0.3, -0.25) is 0 Å². The van der Waals surface area contributed by atoms with E-state index in [9.17, 15) is 5.11 Å². The topological polar surface area (TPSA) is 32.3 Å². The molecule has 2 nitrogen and oxygen atoms in total. The molecule has 0 fully saturated rings. The summed E-state index contributed by atoms with van der Waals surface area (Å²) in [5, 5.41) is 14.6. The van der Waals surface area contributed by atoms with E-state index in [0.29, 0.717) is 0 Å². The highest BCUT2D eigenvalue weighted by molar-refractivity contribution is 6.30. The summed E-state index contributed by atoms with van der Waals surface area (Å²) in [6.45, 7) is 2.97. The van der Waals surface area contributed by atoms with Crippen molar-refractivity contribution in [3.8, 4) is 0 Å². The molecule has 0 amide bonds. The van der Waals surface area contributed by atoms with Gasteiger partial charge < -0.3 is 10.4 Å². The molecule has 1 aliphatic carbocycles. The molecule has 1 aliphatic rings. The van der Waals surface area contributed by atoms with E-state index in [1.165, 1.54) is 5.56 Å². The van der Waals surface area contributed by atoms with Gasteiger partial charge in [0.15, 0.2) is 0 Å². The Hall–Kier alpha value is -1.35. The number of aliphatic hydroxyl groups is 1. The van der Waals surface area contributed by atoms with E-state index < -0.39 is 6.10 Å². The molecule has 21 heavy (non-hydrogen) atoms. The maximum Gasteiger partial charge on any atom is 0.0837 e. The molecule has 0 saturated heterocycles. The molecule has 2 aromatic rings. The van der Waals surface area contributed by atoms with E-state index in [1.54, 1.807) is 0 Å². The lowest BCUT2D eigenvalue weighted by Gasteiger charge is -2.20. The molecule has 0 spiro atoms. The van der Waals surface area contributed by atoms with Crippen molar-refractivity contribution in [2.75, 3.05) is 6.54 Å². The Kier molecular flexibility index (Phi) is 4.29. The summed E-state index contributed by atoms with van der Waals surface area (Å²) in [4.78, 5) is 0. The number of fused-ring (bicyclic) bond motifs is 1. The molecule has 3 atom stereocenters. The summed E-state index contributed by atoms with van der Waals surface area (Å²) < 4.78 is 0. The Labute approximate surface area is 130 Å². The zero-order valence-corrected chi connectivity index (χ0v) is 12.8. The number of rotatable bonds is 4. The normalized spacial score (nSPS) is 24.0. The Balaban J connectivity index is 1.70. The minimum Gasteiger partial charge on any atom is -0.388 e. The average molecular weight is 302 g/mol. The predicted octanol–water partition coefficient (Wildman–Crippen LogP) is 3.90. The Morgan fingerprint density at radius 1 is 1.10 bits per heavy atom. The van der Waals surface area contributed by atoms with E-state index in [2.05, 4.69) is 36.5 Å². The van der Waals surface area contributed by atoms with Crippen LogP contribution in [0.2, 0.25) is 5.02 Å². The molecule has 2 aromatic carbocycles. The van der Waals surface area contributed by atoms with E-state index in [1.807, 2.05) is 24.3 Å². The first-order valence-electron chi connectivity index (χ1n) is 7.41. The van der Waals surface area contributed by atoms with Crippen LogP contribution in [-0.4, -0.2) is 11.7 Å². The fraction of sp³-hybridized carbons (Fsp3) is 0.333. The second-order valence-corrected chi connectivity index (χ2v) is 6.18. The van der Waals surface area contributed by atoms with E-state index in [-0.39, 0.29) is 12.0 Å². The molecule has 0 bridgehead atoms. The van der Waals surface area contributed by atoms with E-state index in [4.69, 9.17) is 11.6 Å². The summed E-state index contributed by atoms with van der Waals surface area (Å²) in [5.74, 6) is 0.161. The molecule has 2 N–H and O–H groups in total. The number of aliphatic hydroxyl groups excluding tert-OH is 1. The van der Waals surface area contributed by atoms with Crippen LogP contribution in [0.25, 0.3) is 0 Å². The summed E-state index contributed by atoms with van der Waals surface area (Å²) in [5.41, 5.74) is 3.46. The lowest BCUT2D eigenvalue weighted by Crippen LogP contribution is -2.27. The van der Waals surface area contributed by atoms with Gasteiger partial charge in [0.05, 0.1) is 6.10 Å². The first kappa shape index (κ1) is 14.6. The van der Waals surface area contributed by atoms with Crippen LogP contribution in [0.1, 0.15) is 35.8 Å². The van der Waals surface area contributed by atoms with Crippen molar-refractivity contribution in [3.63, 3.8) is 0 Å². The zero-order chi connectivity index (χ0) is 14.8. The smallest absolute Gasteiger partial charge is 0.0837 e. The van der Waals surface area contributed by atoms with Gasteiger partial charge in [0.2, 0.25) is 0 Å². The standard InChI is InChI=1S/C18H20ClNO/c1-12-17(20-10-9-13-5-3-2-4-6-13)16-11-14(19)7-8-15(16)18(12)21/h2-8,11-12,17-18,20-21H,9-10H2,1H3. The molecule has 0 heterocycles. The number of nitrogens with one attached hydrogen (secondary N) is 1. The van der Waals surface area contributed by atoms with E-state index >= 15 is 0 Å². The second kappa shape index (κ2) is 6.18. The molecule has 0 aromatic heterocycles. The number of hydrogen-bond donors (Lipinski definition) is 2. The monoisotopic (exact) mass is 301 g/mol. The fourth-order valence-corrected chi connectivity index (χ4v) is 3.33. The zero-order valence-electron chi connectivity index (χ0n) is 12.1. The third-order valence-corrected chi connectivity index (χ3v) is 4.58. The van der Waals surface area contributed by atoms with Crippen molar-refractivity contribution in [1.82, 2.24) is 5.32 Å². The molecular formula is C18H20ClNO. The Bertz CT molecular complexity index is 614. The van der Waals surface area contributed by atoms with Gasteiger partial charge in [-0.15, -0.1) is 0 Å². The first-order chi connectivity index (χ1) is 10.2. The number of benzene rings is 2. The Morgan fingerprint density at radius 3 is 2.62 bits per heavy atom. The molecule has 3 unspecified atom stereocenters. The molecular weight excluding hydrogens is 282 g/mol. The van der Waals surface area contributed by atoms with Crippen molar-refractivity contribution < 1.29 is 5.11 Å². The number of hydrogen-bond acceptors (Lipinski definition) is 2. The third-order valence-electron chi connectivity index (χ3n) is 4.35. The van der Waals surface area contributed by atoms with Crippen LogP contribution in [0.15, 0.2) is 48.5 Å². The van der Waals surface area contributed by atoms with Crippen LogP contribution in [0.5, 0.6) is 0 Å². The van der Waals surface area contributed by atoms with Crippen molar-refractivity contribution in [3.05, 3.63) is 70.2 Å². The van der Waals surface area contributed by atoms with Gasteiger partial charge in [-0.05, 0) is 41.8 Å². The van der Waals surface area contributed by atoms with Gasteiger partial charge in [-0.2, -0.15) is 0 Å². The van der Waals surface area contributed by atoms with Crippen LogP contribution in [0.3, 0.4) is 0 Å². The van der Waals surface area contributed by atoms with Gasteiger partial charge in [0.25, 0.3) is 0 Å². The molecule has 0 aliphatic heterocycles. The van der Waals surface area contributed by atoms with E-state index in [0.717, 1.165) is 29.1 Å². The van der Waals surface area contributed by atoms with Crippen molar-refractivity contribution in [2.45, 2.75) is 25.5 Å². The highest BCUT2D eigenvalue weighted by Gasteiger charge is 2.36. The van der Waals surface area contributed by atoms with Gasteiger partial charge in [-0.1, -0.05) is 54.9 Å². The van der Waals surface area contributed by atoms with Crippen molar-refractivity contribution >= 4 is 11.6 Å². The van der Waals surface area contributed by atoms with Crippen LogP contribution in [-0.2, 0) is 6.42 Å². The van der Waals surface area contributed by atoms with Gasteiger partial charge >= 0.3 is 0 Å². The molecule has 110 valence electrons. The van der Waals surface area contributed by atoms with Crippen LogP contribution in [0, 0.1) is 5.92 Å². The first-order valence-corrected chi connectivity index (χ1v) is 7.79. The maximum atomic E-state index is 10.3. The predicted molar refractivity (Wildman–Crippen MR) is 86.5 cm³/mol. The van der Waals surface area contributed by atoms with Gasteiger partial charge in [0, 0.05) is 17.0 Å². The highest BCUT2D eigenvalue weighted by Crippen LogP contribution is 2.44. The Morgan fingerprint density at radius 2 is 1.86 bits per heavy atom. The summed E-state index contributed by atoms with van der Waals surface area (Å²) in [7, 11) is 0. The van der Waals surface area contributed by atoms with Crippen LogP contribution < -0.4 is 5.32 Å². The summed E-state index contributed by atoms with van der Waals surface area (Å²) in [6, 6.07) is 16.4. The minimum absolute atomic E-state index is 0.161. The maximum absolute atomic E-state index is 10.3. The highest BCUT2D eigenvalue weighted by atomic mass is 35.5.